The highest BCUT2D eigenvalue weighted by Crippen LogP contribution is 2.38. The molecule has 1 fully saturated rings. The van der Waals surface area contributed by atoms with E-state index in [0.717, 1.165) is 12.1 Å². The predicted molar refractivity (Wildman–Crippen MR) is 66.8 cm³/mol. The number of nitrogens with zero attached hydrogens (tertiary/aromatic N) is 1. The summed E-state index contributed by atoms with van der Waals surface area (Å²) < 4.78 is 0. The van der Waals surface area contributed by atoms with Gasteiger partial charge in [-0.3, -0.25) is 9.89 Å². The topological polar surface area (TPSA) is 71.8 Å². The molecule has 4 heteroatoms. The lowest BCUT2D eigenvalue weighted by atomic mass is 9.80. The quantitative estimate of drug-likeness (QED) is 0.821. The van der Waals surface area contributed by atoms with Crippen molar-refractivity contribution >= 4 is 5.91 Å². The number of primary amides is 1. The van der Waals surface area contributed by atoms with Crippen LogP contribution in [-0.4, -0.2) is 16.1 Å². The van der Waals surface area contributed by atoms with Gasteiger partial charge in [-0.2, -0.15) is 5.10 Å². The zero-order valence-corrected chi connectivity index (χ0v) is 10.6. The van der Waals surface area contributed by atoms with Gasteiger partial charge in [0.05, 0.1) is 5.69 Å². The maximum absolute atomic E-state index is 10.9. The molecule has 1 amide bonds. The monoisotopic (exact) mass is 235 g/mol. The fraction of sp³-hybridized carbons (Fsp3) is 0.692. The lowest BCUT2D eigenvalue weighted by Gasteiger charge is -2.25. The maximum atomic E-state index is 10.9. The van der Waals surface area contributed by atoms with E-state index in [-0.39, 0.29) is 5.91 Å². The average Bonchev–Trinajstić information content (AvgIpc) is 2.56. The van der Waals surface area contributed by atoms with E-state index < -0.39 is 0 Å². The molecule has 2 rings (SSSR count). The van der Waals surface area contributed by atoms with E-state index >= 15 is 0 Å². The first-order valence-electron chi connectivity index (χ1n) is 6.45. The van der Waals surface area contributed by atoms with Crippen LogP contribution in [0.3, 0.4) is 0 Å². The van der Waals surface area contributed by atoms with Crippen molar-refractivity contribution in [2.24, 2.45) is 5.73 Å². The lowest BCUT2D eigenvalue weighted by molar-refractivity contribution is -0.117. The van der Waals surface area contributed by atoms with Gasteiger partial charge in [0.1, 0.15) is 0 Å². The van der Waals surface area contributed by atoms with Gasteiger partial charge in [0.15, 0.2) is 0 Å². The van der Waals surface area contributed by atoms with Crippen molar-refractivity contribution in [3.8, 4) is 0 Å². The van der Waals surface area contributed by atoms with Crippen LogP contribution < -0.4 is 5.73 Å². The normalized spacial score (nSPS) is 16.2. The summed E-state index contributed by atoms with van der Waals surface area (Å²) in [7, 11) is 0. The number of amides is 1. The molecule has 1 aromatic heterocycles. The minimum absolute atomic E-state index is 0.236. The van der Waals surface area contributed by atoms with Crippen molar-refractivity contribution in [2.75, 3.05) is 0 Å². The van der Waals surface area contributed by atoms with Gasteiger partial charge in [-0.1, -0.05) is 20.3 Å². The SMILES string of the molecule is CC(C)c1n[nH]c(C2CCC2)c1CCC(N)=O. The molecule has 94 valence electrons. The summed E-state index contributed by atoms with van der Waals surface area (Å²) in [4.78, 5) is 10.9. The highest BCUT2D eigenvalue weighted by molar-refractivity contribution is 5.74. The molecule has 0 saturated heterocycles. The van der Waals surface area contributed by atoms with Crippen LogP contribution in [0.4, 0.5) is 0 Å². The summed E-state index contributed by atoms with van der Waals surface area (Å²) in [5, 5.41) is 7.60. The van der Waals surface area contributed by atoms with Crippen LogP contribution in [-0.2, 0) is 11.2 Å². The third-order valence-electron chi connectivity index (χ3n) is 3.61. The molecule has 1 aromatic rings. The molecular weight excluding hydrogens is 214 g/mol. The largest absolute Gasteiger partial charge is 0.370 e. The van der Waals surface area contributed by atoms with Crippen molar-refractivity contribution in [2.45, 2.75) is 57.8 Å². The second-order valence-electron chi connectivity index (χ2n) is 5.25. The Bertz CT molecular complexity index is 405. The predicted octanol–water partition coefficient (Wildman–Crippen LogP) is 2.22. The number of aromatic amines is 1. The number of carbonyl (C=O) groups is 1. The van der Waals surface area contributed by atoms with Crippen LogP contribution >= 0.6 is 0 Å². The third kappa shape index (κ3) is 2.51. The molecule has 0 bridgehead atoms. The molecular formula is C13H21N3O. The van der Waals surface area contributed by atoms with E-state index in [1.165, 1.54) is 30.5 Å². The molecule has 3 N–H and O–H groups in total. The number of H-pyrrole nitrogens is 1. The molecule has 1 aliphatic rings. The van der Waals surface area contributed by atoms with Gasteiger partial charge in [0, 0.05) is 18.0 Å². The second-order valence-corrected chi connectivity index (χ2v) is 5.25. The molecule has 4 nitrogen and oxygen atoms in total. The van der Waals surface area contributed by atoms with E-state index in [4.69, 9.17) is 5.73 Å². The molecule has 1 heterocycles. The van der Waals surface area contributed by atoms with Crippen LogP contribution in [0.25, 0.3) is 0 Å². The highest BCUT2D eigenvalue weighted by Gasteiger charge is 2.26. The number of aromatic nitrogens is 2. The first-order chi connectivity index (χ1) is 8.09. The first kappa shape index (κ1) is 12.1. The Balaban J connectivity index is 2.22. The molecule has 17 heavy (non-hydrogen) atoms. The third-order valence-corrected chi connectivity index (χ3v) is 3.61. The summed E-state index contributed by atoms with van der Waals surface area (Å²) in [6.07, 6.45) is 4.92. The van der Waals surface area contributed by atoms with Crippen molar-refractivity contribution < 1.29 is 4.79 Å². The van der Waals surface area contributed by atoms with Gasteiger partial charge < -0.3 is 5.73 Å². The fourth-order valence-corrected chi connectivity index (χ4v) is 2.42. The Labute approximate surface area is 102 Å². The van der Waals surface area contributed by atoms with Crippen LogP contribution in [0.1, 0.15) is 68.3 Å². The zero-order valence-electron chi connectivity index (χ0n) is 10.6. The van der Waals surface area contributed by atoms with Crippen molar-refractivity contribution in [3.63, 3.8) is 0 Å². The van der Waals surface area contributed by atoms with E-state index in [9.17, 15) is 4.79 Å². The van der Waals surface area contributed by atoms with Gasteiger partial charge in [-0.15, -0.1) is 0 Å². The molecule has 0 radical (unpaired) electrons. The molecule has 1 aliphatic carbocycles. The Kier molecular flexibility index (Phi) is 3.50. The molecule has 0 unspecified atom stereocenters. The van der Waals surface area contributed by atoms with Crippen LogP contribution in [0.2, 0.25) is 0 Å². The van der Waals surface area contributed by atoms with Crippen molar-refractivity contribution in [1.29, 1.82) is 0 Å². The highest BCUT2D eigenvalue weighted by atomic mass is 16.1. The standard InChI is InChI=1S/C13H21N3O/c1-8(2)12-10(6-7-11(14)17)13(16-15-12)9-4-3-5-9/h8-9H,3-7H2,1-2H3,(H2,14,17)(H,15,16). The van der Waals surface area contributed by atoms with Crippen LogP contribution in [0.15, 0.2) is 0 Å². The van der Waals surface area contributed by atoms with E-state index in [2.05, 4.69) is 24.0 Å². The number of nitrogens with two attached hydrogens (primary N) is 1. The van der Waals surface area contributed by atoms with E-state index in [1.807, 2.05) is 0 Å². The molecule has 1 saturated carbocycles. The van der Waals surface area contributed by atoms with Gasteiger partial charge in [0.2, 0.25) is 5.91 Å². The molecule has 0 aliphatic heterocycles. The maximum Gasteiger partial charge on any atom is 0.217 e. The lowest BCUT2D eigenvalue weighted by Crippen LogP contribution is -2.15. The Morgan fingerprint density at radius 3 is 2.71 bits per heavy atom. The number of carbonyl (C=O) groups excluding carboxylic acids is 1. The first-order valence-corrected chi connectivity index (χ1v) is 6.45. The van der Waals surface area contributed by atoms with Crippen LogP contribution in [0.5, 0.6) is 0 Å². The number of nitrogens with one attached hydrogen (secondary N) is 1. The Morgan fingerprint density at radius 1 is 1.53 bits per heavy atom. The van der Waals surface area contributed by atoms with Crippen molar-refractivity contribution in [3.05, 3.63) is 17.0 Å². The molecule has 0 aromatic carbocycles. The molecule has 0 spiro atoms. The average molecular weight is 235 g/mol. The number of rotatable bonds is 5. The van der Waals surface area contributed by atoms with Gasteiger partial charge in [-0.25, -0.2) is 0 Å². The Hall–Kier alpha value is -1.32. The Morgan fingerprint density at radius 2 is 2.24 bits per heavy atom. The number of hydrogen-bond donors (Lipinski definition) is 2. The summed E-state index contributed by atoms with van der Waals surface area (Å²) in [6, 6.07) is 0. The summed E-state index contributed by atoms with van der Waals surface area (Å²) in [5.74, 6) is 0.779. The van der Waals surface area contributed by atoms with Gasteiger partial charge >= 0.3 is 0 Å². The summed E-state index contributed by atoms with van der Waals surface area (Å²) in [6.45, 7) is 4.27. The van der Waals surface area contributed by atoms with Crippen molar-refractivity contribution in [1.82, 2.24) is 10.2 Å². The zero-order chi connectivity index (χ0) is 12.4. The summed E-state index contributed by atoms with van der Waals surface area (Å²) in [5.41, 5.74) is 8.83. The van der Waals surface area contributed by atoms with Crippen LogP contribution in [0, 0.1) is 0 Å². The minimum atomic E-state index is -0.236. The molecule has 0 atom stereocenters. The van der Waals surface area contributed by atoms with E-state index in [1.54, 1.807) is 0 Å². The fourth-order valence-electron chi connectivity index (χ4n) is 2.42. The number of hydrogen-bond acceptors (Lipinski definition) is 2. The summed E-state index contributed by atoms with van der Waals surface area (Å²) >= 11 is 0. The minimum Gasteiger partial charge on any atom is -0.370 e. The van der Waals surface area contributed by atoms with E-state index in [0.29, 0.717) is 18.3 Å². The second kappa shape index (κ2) is 4.90. The van der Waals surface area contributed by atoms with Gasteiger partial charge in [-0.05, 0) is 30.7 Å². The van der Waals surface area contributed by atoms with Gasteiger partial charge in [0.25, 0.3) is 0 Å². The smallest absolute Gasteiger partial charge is 0.217 e.